The molecule has 1 heterocycles. The summed E-state index contributed by atoms with van der Waals surface area (Å²) in [5.74, 6) is 0.411. The summed E-state index contributed by atoms with van der Waals surface area (Å²) in [6, 6.07) is 0. The average molecular weight is 344 g/mol. The van der Waals surface area contributed by atoms with Crippen LogP contribution in [0.4, 0.5) is 0 Å². The molecule has 0 N–H and O–H groups in total. The van der Waals surface area contributed by atoms with Crippen LogP contribution in [0.2, 0.25) is 0 Å². The molecule has 0 spiro atoms. The van der Waals surface area contributed by atoms with E-state index in [1.54, 1.807) is 0 Å². The molecule has 0 radical (unpaired) electrons. The summed E-state index contributed by atoms with van der Waals surface area (Å²) >= 11 is 11.6. The normalized spacial score (nSPS) is 28.8. The fourth-order valence-corrected chi connectivity index (χ4v) is 2.73. The molecule has 0 saturated carbocycles. The molecule has 1 aliphatic carbocycles. The van der Waals surface area contributed by atoms with E-state index in [0.717, 1.165) is 16.6 Å². The van der Waals surface area contributed by atoms with E-state index in [-0.39, 0.29) is 0 Å². The van der Waals surface area contributed by atoms with Gasteiger partial charge in [-0.15, -0.1) is 0 Å². The Balaban J connectivity index is 2.38. The summed E-state index contributed by atoms with van der Waals surface area (Å²) in [5.41, 5.74) is 1.10. The van der Waals surface area contributed by atoms with Crippen molar-refractivity contribution >= 4 is 55.8 Å². The molecular formula is C7H4BrClIN. The number of hydrogen-bond donors (Lipinski definition) is 0. The highest BCUT2D eigenvalue weighted by Gasteiger charge is 2.31. The summed E-state index contributed by atoms with van der Waals surface area (Å²) < 4.78 is 2.39. The maximum Gasteiger partial charge on any atom is 0.140 e. The van der Waals surface area contributed by atoms with Crippen LogP contribution >= 0.6 is 50.1 Å². The zero-order valence-electron chi connectivity index (χ0n) is 5.44. The maximum absolute atomic E-state index is 5.83. The molecule has 0 saturated heterocycles. The lowest BCUT2D eigenvalue weighted by molar-refractivity contribution is 0.911. The largest absolute Gasteiger partial charge is 0.240 e. The molecule has 2 rings (SSSR count). The number of fused-ring (bicyclic) bond motifs is 1. The fraction of sp³-hybridized carbons (Fsp3) is 0.286. The summed E-state index contributed by atoms with van der Waals surface area (Å²) in [7, 11) is 0. The van der Waals surface area contributed by atoms with E-state index in [4.69, 9.17) is 11.6 Å². The minimum atomic E-state index is 0.411. The van der Waals surface area contributed by atoms with Gasteiger partial charge in [-0.25, -0.2) is 4.99 Å². The van der Waals surface area contributed by atoms with Crippen molar-refractivity contribution in [1.82, 2.24) is 0 Å². The van der Waals surface area contributed by atoms with Crippen molar-refractivity contribution < 1.29 is 0 Å². The highest BCUT2D eigenvalue weighted by atomic mass is 127. The van der Waals surface area contributed by atoms with E-state index in [2.05, 4.69) is 49.6 Å². The second kappa shape index (κ2) is 2.85. The molecule has 0 aromatic carbocycles. The first-order valence-corrected chi connectivity index (χ1v) is 5.43. The third-order valence-electron chi connectivity index (χ3n) is 1.79. The van der Waals surface area contributed by atoms with Crippen LogP contribution in [0.5, 0.6) is 0 Å². The smallest absolute Gasteiger partial charge is 0.140 e. The summed E-state index contributed by atoms with van der Waals surface area (Å²) in [6.07, 6.45) is 3.15. The van der Waals surface area contributed by atoms with E-state index in [1.807, 2.05) is 0 Å². The van der Waals surface area contributed by atoms with Crippen LogP contribution in [0.1, 0.15) is 6.42 Å². The van der Waals surface area contributed by atoms with E-state index >= 15 is 0 Å². The van der Waals surface area contributed by atoms with Crippen LogP contribution in [0.3, 0.4) is 0 Å². The van der Waals surface area contributed by atoms with E-state index < -0.39 is 0 Å². The third-order valence-corrected chi connectivity index (χ3v) is 3.99. The molecule has 0 aromatic rings. The van der Waals surface area contributed by atoms with Crippen LogP contribution in [-0.2, 0) is 0 Å². The molecular weight excluding hydrogens is 340 g/mol. The van der Waals surface area contributed by atoms with Gasteiger partial charge in [-0.2, -0.15) is 0 Å². The second-order valence-corrected chi connectivity index (χ2v) is 5.12. The molecule has 2 aliphatic rings. The van der Waals surface area contributed by atoms with Gasteiger partial charge in [0.05, 0.1) is 5.71 Å². The Hall–Kier alpha value is 0.650. The number of hydrogen-bond acceptors (Lipinski definition) is 1. The zero-order valence-corrected chi connectivity index (χ0v) is 9.94. The van der Waals surface area contributed by atoms with Crippen LogP contribution in [0, 0.1) is 5.92 Å². The molecule has 11 heavy (non-hydrogen) atoms. The van der Waals surface area contributed by atoms with Crippen LogP contribution in [0.15, 0.2) is 24.3 Å². The first kappa shape index (κ1) is 8.26. The van der Waals surface area contributed by atoms with Crippen molar-refractivity contribution in [3.8, 4) is 0 Å². The maximum atomic E-state index is 5.83. The van der Waals surface area contributed by atoms with Crippen molar-refractivity contribution in [1.29, 1.82) is 0 Å². The monoisotopic (exact) mass is 343 g/mol. The predicted molar refractivity (Wildman–Crippen MR) is 59.5 cm³/mol. The number of aliphatic imine (C=N–C) groups is 1. The van der Waals surface area contributed by atoms with Gasteiger partial charge in [0, 0.05) is 10.4 Å². The number of nitrogens with zero attached hydrogens (tertiary/aromatic N) is 1. The van der Waals surface area contributed by atoms with Crippen molar-refractivity contribution in [3.05, 3.63) is 19.3 Å². The Kier molecular flexibility index (Phi) is 2.14. The molecule has 4 heteroatoms. The lowest BCUT2D eigenvalue weighted by atomic mass is 10.1. The first-order valence-electron chi connectivity index (χ1n) is 3.18. The van der Waals surface area contributed by atoms with Gasteiger partial charge in [0.2, 0.25) is 0 Å². The summed E-state index contributed by atoms with van der Waals surface area (Å²) in [6.45, 7) is 0. The Morgan fingerprint density at radius 2 is 2.45 bits per heavy atom. The second-order valence-electron chi connectivity index (χ2n) is 2.52. The molecule has 0 fully saturated rings. The van der Waals surface area contributed by atoms with Gasteiger partial charge in [-0.1, -0.05) is 27.5 Å². The molecule has 0 amide bonds. The van der Waals surface area contributed by atoms with Gasteiger partial charge in [-0.3, -0.25) is 0 Å². The zero-order chi connectivity index (χ0) is 8.01. The molecule has 1 atom stereocenters. The summed E-state index contributed by atoms with van der Waals surface area (Å²) in [5, 5.41) is 0.616. The number of allylic oxidation sites excluding steroid dienone is 3. The molecule has 58 valence electrons. The van der Waals surface area contributed by atoms with Gasteiger partial charge < -0.3 is 0 Å². The van der Waals surface area contributed by atoms with E-state index in [0.29, 0.717) is 11.1 Å². The fourth-order valence-electron chi connectivity index (χ4n) is 1.26. The first-order chi connectivity index (χ1) is 5.18. The van der Waals surface area contributed by atoms with E-state index in [9.17, 15) is 0 Å². The minimum Gasteiger partial charge on any atom is -0.240 e. The number of rotatable bonds is 0. The highest BCUT2D eigenvalue weighted by molar-refractivity contribution is 14.1. The minimum absolute atomic E-state index is 0.411. The van der Waals surface area contributed by atoms with Crippen molar-refractivity contribution in [2.75, 3.05) is 0 Å². The van der Waals surface area contributed by atoms with Crippen molar-refractivity contribution in [3.63, 3.8) is 0 Å². The van der Waals surface area contributed by atoms with Crippen molar-refractivity contribution in [2.45, 2.75) is 6.42 Å². The van der Waals surface area contributed by atoms with Crippen LogP contribution in [-0.4, -0.2) is 5.71 Å². The molecule has 0 bridgehead atoms. The predicted octanol–water partition coefficient (Wildman–Crippen LogP) is 3.58. The highest BCUT2D eigenvalue weighted by Crippen LogP contribution is 2.42. The van der Waals surface area contributed by atoms with Gasteiger partial charge >= 0.3 is 0 Å². The van der Waals surface area contributed by atoms with E-state index in [1.165, 1.54) is 3.58 Å². The SMILES string of the molecule is ClC1=C(Br)C2CC(I)=CC2=N1. The Labute approximate surface area is 91.9 Å². The quantitative estimate of drug-likeness (QED) is 0.470. The Morgan fingerprint density at radius 3 is 3.09 bits per heavy atom. The lowest BCUT2D eigenvalue weighted by Gasteiger charge is -2.01. The molecule has 1 aliphatic heterocycles. The average Bonchev–Trinajstić information content (AvgIpc) is 2.37. The topological polar surface area (TPSA) is 12.4 Å². The standard InChI is InChI=1S/C7H4BrClIN/c8-6-4-1-3(10)2-5(4)11-7(6)9/h2,4H,1H2. The van der Waals surface area contributed by atoms with Gasteiger partial charge in [-0.05, 0) is 38.7 Å². The van der Waals surface area contributed by atoms with Crippen LogP contribution in [0.25, 0.3) is 0 Å². The van der Waals surface area contributed by atoms with Crippen molar-refractivity contribution in [2.24, 2.45) is 10.9 Å². The number of halogens is 3. The Morgan fingerprint density at radius 1 is 1.73 bits per heavy atom. The van der Waals surface area contributed by atoms with Gasteiger partial charge in [0.1, 0.15) is 5.16 Å². The Bertz CT molecular complexity index is 306. The summed E-state index contributed by atoms with van der Waals surface area (Å²) in [4.78, 5) is 4.22. The lowest BCUT2D eigenvalue weighted by Crippen LogP contribution is -2.01. The van der Waals surface area contributed by atoms with Gasteiger partial charge in [0.15, 0.2) is 0 Å². The molecule has 0 aromatic heterocycles. The third kappa shape index (κ3) is 1.31. The molecule has 1 nitrogen and oxygen atoms in total. The van der Waals surface area contributed by atoms with Gasteiger partial charge in [0.25, 0.3) is 0 Å². The van der Waals surface area contributed by atoms with Crippen LogP contribution < -0.4 is 0 Å². The molecule has 1 unspecified atom stereocenters.